The van der Waals surface area contributed by atoms with Crippen molar-refractivity contribution in [3.63, 3.8) is 0 Å². The van der Waals surface area contributed by atoms with Crippen molar-refractivity contribution in [1.29, 1.82) is 0 Å². The van der Waals surface area contributed by atoms with E-state index in [4.69, 9.17) is 0 Å². The van der Waals surface area contributed by atoms with E-state index in [1.807, 2.05) is 53.0 Å². The molecule has 1 aliphatic heterocycles. The summed E-state index contributed by atoms with van der Waals surface area (Å²) in [6.45, 7) is 5.41. The minimum Gasteiger partial charge on any atom is -0.352 e. The third kappa shape index (κ3) is 5.87. The number of halogens is 4. The summed E-state index contributed by atoms with van der Waals surface area (Å²) in [5.74, 6) is 0.691. The first-order valence-electron chi connectivity index (χ1n) is 9.66. The van der Waals surface area contributed by atoms with Gasteiger partial charge in [-0.2, -0.15) is 18.3 Å². The number of aryl methyl sites for hydroxylation is 1. The molecule has 1 saturated heterocycles. The van der Waals surface area contributed by atoms with Crippen LogP contribution in [0.2, 0.25) is 0 Å². The van der Waals surface area contributed by atoms with Crippen LogP contribution in [0, 0.1) is 6.92 Å². The van der Waals surface area contributed by atoms with Crippen LogP contribution in [-0.4, -0.2) is 71.0 Å². The molecule has 6 nitrogen and oxygen atoms in total. The Morgan fingerprint density at radius 3 is 2.40 bits per heavy atom. The fourth-order valence-corrected chi connectivity index (χ4v) is 3.47. The number of piperazine rings is 1. The molecule has 1 fully saturated rings. The van der Waals surface area contributed by atoms with Crippen molar-refractivity contribution in [3.05, 3.63) is 47.8 Å². The highest BCUT2D eigenvalue weighted by Gasteiger charge is 2.41. The largest absolute Gasteiger partial charge is 0.403 e. The molecule has 0 amide bonds. The average Bonchev–Trinajstić information content (AvgIpc) is 3.14. The third-order valence-corrected chi connectivity index (χ3v) is 5.24. The average molecular weight is 536 g/mol. The molecule has 1 aliphatic rings. The van der Waals surface area contributed by atoms with Crippen LogP contribution in [0.25, 0.3) is 5.69 Å². The Bertz CT molecular complexity index is 843. The smallest absolute Gasteiger partial charge is 0.352 e. The van der Waals surface area contributed by atoms with Crippen molar-refractivity contribution >= 4 is 29.9 Å². The summed E-state index contributed by atoms with van der Waals surface area (Å²) in [6.07, 6.45) is -2.28. The van der Waals surface area contributed by atoms with E-state index in [1.165, 1.54) is 11.8 Å². The van der Waals surface area contributed by atoms with Gasteiger partial charge in [-0.25, -0.2) is 4.68 Å². The number of nitrogens with zero attached hydrogens (tertiary/aromatic N) is 5. The minimum absolute atomic E-state index is 0. The van der Waals surface area contributed by atoms with Gasteiger partial charge >= 0.3 is 6.18 Å². The Kier molecular flexibility index (Phi) is 8.53. The van der Waals surface area contributed by atoms with Gasteiger partial charge in [0, 0.05) is 46.0 Å². The summed E-state index contributed by atoms with van der Waals surface area (Å²) in [7, 11) is 1.69. The lowest BCUT2D eigenvalue weighted by Gasteiger charge is -2.39. The number of aromatic nitrogens is 2. The second kappa shape index (κ2) is 10.5. The van der Waals surface area contributed by atoms with E-state index < -0.39 is 12.2 Å². The molecule has 0 aliphatic carbocycles. The van der Waals surface area contributed by atoms with Gasteiger partial charge in [0.2, 0.25) is 0 Å². The Morgan fingerprint density at radius 1 is 1.17 bits per heavy atom. The maximum absolute atomic E-state index is 12.9. The van der Waals surface area contributed by atoms with Crippen molar-refractivity contribution < 1.29 is 13.2 Å². The maximum Gasteiger partial charge on any atom is 0.403 e. The zero-order chi connectivity index (χ0) is 21.0. The van der Waals surface area contributed by atoms with Gasteiger partial charge in [-0.3, -0.25) is 9.89 Å². The summed E-state index contributed by atoms with van der Waals surface area (Å²) in [4.78, 5) is 7.79. The number of benzene rings is 1. The SMILES string of the molecule is CN=C(NCc1ccccc1-n1ccc(C)n1)N1CCN(C(C)C(F)(F)F)CC1.I. The van der Waals surface area contributed by atoms with E-state index in [9.17, 15) is 13.2 Å². The van der Waals surface area contributed by atoms with Gasteiger partial charge in [0.25, 0.3) is 0 Å². The van der Waals surface area contributed by atoms with Crippen molar-refractivity contribution in [3.8, 4) is 5.69 Å². The molecule has 0 spiro atoms. The molecular weight excluding hydrogens is 508 g/mol. The van der Waals surface area contributed by atoms with Gasteiger partial charge in [-0.1, -0.05) is 18.2 Å². The van der Waals surface area contributed by atoms with Gasteiger partial charge in [-0.05, 0) is 31.5 Å². The fraction of sp³-hybridized carbons (Fsp3) is 0.500. The van der Waals surface area contributed by atoms with Crippen molar-refractivity contribution in [2.24, 2.45) is 4.99 Å². The van der Waals surface area contributed by atoms with E-state index in [0.29, 0.717) is 38.7 Å². The molecular formula is C20H28F3IN6. The lowest BCUT2D eigenvalue weighted by Crippen LogP contribution is -2.56. The number of rotatable bonds is 4. The molecule has 1 atom stereocenters. The standard InChI is InChI=1S/C20H27F3N6.HI/c1-15-8-9-29(26-15)18-7-5-4-6-17(18)14-25-19(24-3)28-12-10-27(11-13-28)16(2)20(21,22)23;/h4-9,16H,10-14H2,1-3H3,(H,24,25);1H. The fourth-order valence-electron chi connectivity index (χ4n) is 3.47. The first-order chi connectivity index (χ1) is 13.8. The van der Waals surface area contributed by atoms with Crippen molar-refractivity contribution in [1.82, 2.24) is 24.9 Å². The summed E-state index contributed by atoms with van der Waals surface area (Å²) in [5.41, 5.74) is 2.97. The van der Waals surface area contributed by atoms with Crippen LogP contribution >= 0.6 is 24.0 Å². The lowest BCUT2D eigenvalue weighted by molar-refractivity contribution is -0.181. The minimum atomic E-state index is -4.20. The van der Waals surface area contributed by atoms with Crippen molar-refractivity contribution in [2.75, 3.05) is 33.2 Å². The van der Waals surface area contributed by atoms with Gasteiger partial charge in [0.1, 0.15) is 6.04 Å². The van der Waals surface area contributed by atoms with Crippen LogP contribution in [0.5, 0.6) is 0 Å². The zero-order valence-corrected chi connectivity index (χ0v) is 19.7. The normalized spacial score (nSPS) is 16.9. The van der Waals surface area contributed by atoms with E-state index in [2.05, 4.69) is 15.4 Å². The number of para-hydroxylation sites is 1. The Labute approximate surface area is 192 Å². The van der Waals surface area contributed by atoms with Crippen LogP contribution in [-0.2, 0) is 6.54 Å². The van der Waals surface area contributed by atoms with Gasteiger partial charge < -0.3 is 10.2 Å². The molecule has 3 rings (SSSR count). The van der Waals surface area contributed by atoms with Gasteiger partial charge in [0.15, 0.2) is 5.96 Å². The Morgan fingerprint density at radius 2 is 1.83 bits per heavy atom. The molecule has 0 bridgehead atoms. The predicted octanol–water partition coefficient (Wildman–Crippen LogP) is 3.44. The molecule has 2 aromatic rings. The highest BCUT2D eigenvalue weighted by atomic mass is 127. The zero-order valence-electron chi connectivity index (χ0n) is 17.4. The Balaban J connectivity index is 0.00000320. The molecule has 1 aromatic heterocycles. The molecule has 2 heterocycles. The third-order valence-electron chi connectivity index (χ3n) is 5.24. The summed E-state index contributed by atoms with van der Waals surface area (Å²) >= 11 is 0. The predicted molar refractivity (Wildman–Crippen MR) is 123 cm³/mol. The number of aliphatic imine (C=N–C) groups is 1. The van der Waals surface area contributed by atoms with Crippen molar-refractivity contribution in [2.45, 2.75) is 32.6 Å². The van der Waals surface area contributed by atoms with Crippen LogP contribution in [0.15, 0.2) is 41.5 Å². The molecule has 1 N–H and O–H groups in total. The first kappa shape index (κ1) is 24.4. The molecule has 1 aromatic carbocycles. The second-order valence-electron chi connectivity index (χ2n) is 7.17. The van der Waals surface area contributed by atoms with Gasteiger partial charge in [-0.15, -0.1) is 24.0 Å². The first-order valence-corrected chi connectivity index (χ1v) is 9.66. The summed E-state index contributed by atoms with van der Waals surface area (Å²) in [6, 6.07) is 8.48. The maximum atomic E-state index is 12.9. The van der Waals surface area contributed by atoms with Crippen LogP contribution in [0.4, 0.5) is 13.2 Å². The molecule has 30 heavy (non-hydrogen) atoms. The molecule has 0 radical (unpaired) electrons. The number of hydrogen-bond acceptors (Lipinski definition) is 3. The summed E-state index contributed by atoms with van der Waals surface area (Å²) in [5, 5.41) is 7.81. The number of guanidine groups is 1. The lowest BCUT2D eigenvalue weighted by atomic mass is 10.2. The van der Waals surface area contributed by atoms with E-state index in [-0.39, 0.29) is 24.0 Å². The topological polar surface area (TPSA) is 48.7 Å². The molecule has 10 heteroatoms. The van der Waals surface area contributed by atoms with Crippen LogP contribution in [0.3, 0.4) is 0 Å². The van der Waals surface area contributed by atoms with Gasteiger partial charge in [0.05, 0.1) is 11.4 Å². The quantitative estimate of drug-likeness (QED) is 0.370. The van der Waals surface area contributed by atoms with E-state index >= 15 is 0 Å². The second-order valence-corrected chi connectivity index (χ2v) is 7.17. The van der Waals surface area contributed by atoms with E-state index in [1.54, 1.807) is 7.05 Å². The number of alkyl halides is 3. The number of hydrogen-bond donors (Lipinski definition) is 1. The Hall–Kier alpha value is -1.82. The van der Waals surface area contributed by atoms with E-state index in [0.717, 1.165) is 16.9 Å². The molecule has 0 saturated carbocycles. The highest BCUT2D eigenvalue weighted by molar-refractivity contribution is 14.0. The number of nitrogens with one attached hydrogen (secondary N) is 1. The monoisotopic (exact) mass is 536 g/mol. The molecule has 1 unspecified atom stereocenters. The highest BCUT2D eigenvalue weighted by Crippen LogP contribution is 2.25. The molecule has 166 valence electrons. The van der Waals surface area contributed by atoms with Crippen LogP contribution in [0.1, 0.15) is 18.2 Å². The summed E-state index contributed by atoms with van der Waals surface area (Å²) < 4.78 is 40.7. The van der Waals surface area contributed by atoms with Crippen LogP contribution < -0.4 is 5.32 Å².